The van der Waals surface area contributed by atoms with Crippen LogP contribution < -0.4 is 10.2 Å². The van der Waals surface area contributed by atoms with E-state index in [1.165, 1.54) is 6.92 Å². The first-order valence-corrected chi connectivity index (χ1v) is 9.25. The van der Waals surface area contributed by atoms with Gasteiger partial charge in [0.25, 0.3) is 0 Å². The lowest BCUT2D eigenvalue weighted by Gasteiger charge is -2.22. The van der Waals surface area contributed by atoms with E-state index in [9.17, 15) is 31.2 Å². The van der Waals surface area contributed by atoms with Gasteiger partial charge in [0.05, 0.1) is 17.1 Å². The Morgan fingerprint density at radius 1 is 1.24 bits per heavy atom. The van der Waals surface area contributed by atoms with Crippen molar-refractivity contribution in [1.29, 1.82) is 0 Å². The fraction of sp³-hybridized carbons (Fsp3) is 0.467. The van der Waals surface area contributed by atoms with Crippen LogP contribution in [-0.4, -0.2) is 44.3 Å². The third kappa shape index (κ3) is 5.18. The van der Waals surface area contributed by atoms with E-state index in [1.54, 1.807) is 0 Å². The number of anilines is 1. The molecule has 1 heterocycles. The molecule has 1 saturated heterocycles. The van der Waals surface area contributed by atoms with Crippen molar-refractivity contribution in [3.63, 3.8) is 0 Å². The molecule has 1 atom stereocenters. The van der Waals surface area contributed by atoms with Crippen LogP contribution in [0.3, 0.4) is 0 Å². The Morgan fingerprint density at radius 2 is 1.84 bits per heavy atom. The summed E-state index contributed by atoms with van der Waals surface area (Å²) in [5, 5.41) is 2.53. The van der Waals surface area contributed by atoms with Crippen LogP contribution in [0.15, 0.2) is 24.3 Å². The predicted octanol–water partition coefficient (Wildman–Crippen LogP) is 1.36. The highest BCUT2D eigenvalue weighted by molar-refractivity contribution is 7.91. The third-order valence-corrected chi connectivity index (χ3v) is 5.55. The van der Waals surface area contributed by atoms with Crippen LogP contribution in [0.25, 0.3) is 0 Å². The molecule has 6 nitrogen and oxygen atoms in total. The summed E-state index contributed by atoms with van der Waals surface area (Å²) in [6, 6.07) is 3.35. The maximum Gasteiger partial charge on any atom is 0.416 e. The molecule has 0 bridgehead atoms. The van der Waals surface area contributed by atoms with Crippen LogP contribution in [0.2, 0.25) is 0 Å². The molecule has 0 aliphatic carbocycles. The zero-order valence-electron chi connectivity index (χ0n) is 13.3. The summed E-state index contributed by atoms with van der Waals surface area (Å²) in [6.07, 6.45) is -4.20. The molecular weight excluding hydrogens is 361 g/mol. The highest BCUT2D eigenvalue weighted by Gasteiger charge is 2.31. The van der Waals surface area contributed by atoms with Crippen LogP contribution in [0, 0.1) is 0 Å². The van der Waals surface area contributed by atoms with Gasteiger partial charge in [-0.05, 0) is 30.7 Å². The largest absolute Gasteiger partial charge is 0.416 e. The van der Waals surface area contributed by atoms with Crippen LogP contribution >= 0.6 is 0 Å². The van der Waals surface area contributed by atoms with Crippen molar-refractivity contribution in [2.24, 2.45) is 0 Å². The van der Waals surface area contributed by atoms with E-state index in [0.29, 0.717) is 6.42 Å². The zero-order valence-corrected chi connectivity index (χ0v) is 14.2. The van der Waals surface area contributed by atoms with Gasteiger partial charge in [0.15, 0.2) is 9.84 Å². The highest BCUT2D eigenvalue weighted by Crippen LogP contribution is 2.30. The molecule has 2 rings (SSSR count). The average molecular weight is 378 g/mol. The molecular formula is C15H17F3N2O4S. The summed E-state index contributed by atoms with van der Waals surface area (Å²) in [7, 11) is -3.16. The third-order valence-electron chi connectivity index (χ3n) is 3.79. The fourth-order valence-electron chi connectivity index (χ4n) is 2.54. The van der Waals surface area contributed by atoms with Gasteiger partial charge in [-0.1, -0.05) is 0 Å². The van der Waals surface area contributed by atoms with Gasteiger partial charge < -0.3 is 10.2 Å². The Morgan fingerprint density at radius 3 is 2.28 bits per heavy atom. The van der Waals surface area contributed by atoms with Gasteiger partial charge in [0.2, 0.25) is 11.8 Å². The van der Waals surface area contributed by atoms with Gasteiger partial charge in [-0.3, -0.25) is 9.59 Å². The molecule has 2 amide bonds. The predicted molar refractivity (Wildman–Crippen MR) is 84.7 cm³/mol. The molecule has 1 N–H and O–H groups in total. The van der Waals surface area contributed by atoms with Crippen LogP contribution in [0.4, 0.5) is 18.9 Å². The summed E-state index contributed by atoms with van der Waals surface area (Å²) >= 11 is 0. The number of alkyl halides is 3. The van der Waals surface area contributed by atoms with Crippen molar-refractivity contribution in [3.05, 3.63) is 29.8 Å². The van der Waals surface area contributed by atoms with Crippen LogP contribution in [0.1, 0.15) is 18.9 Å². The minimum atomic E-state index is -4.50. The monoisotopic (exact) mass is 378 g/mol. The van der Waals surface area contributed by atoms with E-state index in [1.807, 2.05) is 0 Å². The number of carbonyl (C=O) groups is 2. The van der Waals surface area contributed by atoms with E-state index in [0.717, 1.165) is 29.2 Å². The number of rotatable bonds is 4. The van der Waals surface area contributed by atoms with Gasteiger partial charge in [0.1, 0.15) is 6.54 Å². The summed E-state index contributed by atoms with van der Waals surface area (Å²) in [4.78, 5) is 24.8. The number of halogens is 3. The smallest absolute Gasteiger partial charge is 0.351 e. The SMILES string of the molecule is CC(=O)N(CC(=O)NC1CCS(=O)(=O)C1)c1ccc(C(F)(F)F)cc1. The molecule has 1 aliphatic rings. The van der Waals surface area contributed by atoms with Gasteiger partial charge in [0, 0.05) is 18.7 Å². The second kappa shape index (κ2) is 7.03. The minimum absolute atomic E-state index is 0.00667. The number of amides is 2. The van der Waals surface area contributed by atoms with Crippen LogP contribution in [0.5, 0.6) is 0 Å². The quantitative estimate of drug-likeness (QED) is 0.858. The topological polar surface area (TPSA) is 83.6 Å². The molecule has 10 heteroatoms. The molecule has 1 aliphatic heterocycles. The van der Waals surface area contributed by atoms with E-state index in [-0.39, 0.29) is 17.2 Å². The highest BCUT2D eigenvalue weighted by atomic mass is 32.2. The van der Waals surface area contributed by atoms with E-state index >= 15 is 0 Å². The molecule has 1 aromatic rings. The lowest BCUT2D eigenvalue weighted by atomic mass is 10.2. The number of carbonyl (C=O) groups excluding carboxylic acids is 2. The van der Waals surface area contributed by atoms with Crippen molar-refractivity contribution in [2.45, 2.75) is 25.6 Å². The Bertz CT molecular complexity index is 760. The molecule has 0 radical (unpaired) electrons. The Labute approximate surface area is 142 Å². The average Bonchev–Trinajstić information content (AvgIpc) is 2.82. The fourth-order valence-corrected chi connectivity index (χ4v) is 4.21. The molecule has 1 unspecified atom stereocenters. The standard InChI is InChI=1S/C15H17F3N2O4S/c1-10(21)20(13-4-2-11(3-5-13)15(16,17)18)8-14(22)19-12-6-7-25(23,24)9-12/h2-5,12H,6-9H2,1H3,(H,19,22). The van der Waals surface area contributed by atoms with Gasteiger partial charge in [-0.25, -0.2) is 8.42 Å². The van der Waals surface area contributed by atoms with Crippen LogP contribution in [-0.2, 0) is 25.6 Å². The molecule has 0 aromatic heterocycles. The second-order valence-corrected chi connectivity index (χ2v) is 8.05. The van der Waals surface area contributed by atoms with Crippen molar-refractivity contribution in [2.75, 3.05) is 23.0 Å². The Hall–Kier alpha value is -2.10. The molecule has 0 spiro atoms. The lowest BCUT2D eigenvalue weighted by molar-refractivity contribution is -0.137. The second-order valence-electron chi connectivity index (χ2n) is 5.82. The number of nitrogens with one attached hydrogen (secondary N) is 1. The summed E-state index contributed by atoms with van der Waals surface area (Å²) in [6.45, 7) is 0.780. The first-order valence-electron chi connectivity index (χ1n) is 7.43. The normalized spacial score (nSPS) is 19.4. The number of hydrogen-bond acceptors (Lipinski definition) is 4. The van der Waals surface area contributed by atoms with E-state index < -0.39 is 46.0 Å². The van der Waals surface area contributed by atoms with Gasteiger partial charge in [-0.2, -0.15) is 13.2 Å². The van der Waals surface area contributed by atoms with Gasteiger partial charge >= 0.3 is 6.18 Å². The minimum Gasteiger partial charge on any atom is -0.351 e. The van der Waals surface area contributed by atoms with Crippen molar-refractivity contribution in [1.82, 2.24) is 5.32 Å². The lowest BCUT2D eigenvalue weighted by Crippen LogP contribution is -2.44. The Balaban J connectivity index is 2.06. The molecule has 1 aromatic carbocycles. The number of hydrogen-bond donors (Lipinski definition) is 1. The molecule has 25 heavy (non-hydrogen) atoms. The van der Waals surface area contributed by atoms with Crippen molar-refractivity contribution in [3.8, 4) is 0 Å². The Kier molecular flexibility index (Phi) is 5.40. The maximum absolute atomic E-state index is 12.6. The van der Waals surface area contributed by atoms with Crippen molar-refractivity contribution < 1.29 is 31.2 Å². The molecule has 1 fully saturated rings. The summed E-state index contributed by atoms with van der Waals surface area (Å²) in [5.74, 6) is -1.25. The first-order chi connectivity index (χ1) is 11.5. The molecule has 0 saturated carbocycles. The number of benzene rings is 1. The summed E-state index contributed by atoms with van der Waals surface area (Å²) < 4.78 is 60.5. The first kappa shape index (κ1) is 19.2. The van der Waals surface area contributed by atoms with E-state index in [4.69, 9.17) is 0 Å². The molecule has 138 valence electrons. The number of nitrogens with zero attached hydrogens (tertiary/aromatic N) is 1. The zero-order chi connectivity index (χ0) is 18.8. The summed E-state index contributed by atoms with van der Waals surface area (Å²) in [5.41, 5.74) is -0.713. The van der Waals surface area contributed by atoms with Gasteiger partial charge in [-0.15, -0.1) is 0 Å². The number of sulfone groups is 1. The van der Waals surface area contributed by atoms with E-state index in [2.05, 4.69) is 5.32 Å². The van der Waals surface area contributed by atoms with Crippen molar-refractivity contribution >= 4 is 27.3 Å². The maximum atomic E-state index is 12.6.